The van der Waals surface area contributed by atoms with E-state index < -0.39 is 5.54 Å². The van der Waals surface area contributed by atoms with Crippen molar-refractivity contribution in [1.29, 1.82) is 0 Å². The zero-order valence-electron chi connectivity index (χ0n) is 10.4. The van der Waals surface area contributed by atoms with Gasteiger partial charge in [0.2, 0.25) is 5.91 Å². The molecule has 5 nitrogen and oxygen atoms in total. The predicted molar refractivity (Wildman–Crippen MR) is 72.7 cm³/mol. The summed E-state index contributed by atoms with van der Waals surface area (Å²) in [4.78, 5) is 16.4. The van der Waals surface area contributed by atoms with Gasteiger partial charge in [-0.05, 0) is 30.7 Å². The van der Waals surface area contributed by atoms with E-state index in [1.165, 1.54) is 0 Å². The van der Waals surface area contributed by atoms with Crippen molar-refractivity contribution in [2.45, 2.75) is 12.0 Å². The minimum atomic E-state index is -0.913. The fraction of sp³-hybridized carbons (Fsp3) is 0.286. The lowest BCUT2D eigenvalue weighted by Gasteiger charge is -2.20. The SMILES string of the molecule is NC1(C(=O)Nc2ccc3ncccc3c2)CCOC1. The number of hydrogen-bond donors (Lipinski definition) is 2. The minimum Gasteiger partial charge on any atom is -0.379 e. The van der Waals surface area contributed by atoms with E-state index in [1.54, 1.807) is 6.20 Å². The Morgan fingerprint density at radius 3 is 3.11 bits per heavy atom. The Bertz CT molecular complexity index is 621. The Labute approximate surface area is 110 Å². The first-order valence-corrected chi connectivity index (χ1v) is 6.20. The van der Waals surface area contributed by atoms with E-state index in [1.807, 2.05) is 30.3 Å². The van der Waals surface area contributed by atoms with Gasteiger partial charge in [-0.2, -0.15) is 0 Å². The lowest BCUT2D eigenvalue weighted by Crippen LogP contribution is -2.51. The van der Waals surface area contributed by atoms with E-state index in [9.17, 15) is 4.79 Å². The Morgan fingerprint density at radius 1 is 1.42 bits per heavy atom. The van der Waals surface area contributed by atoms with Crippen LogP contribution in [-0.2, 0) is 9.53 Å². The van der Waals surface area contributed by atoms with Crippen LogP contribution in [0.4, 0.5) is 5.69 Å². The summed E-state index contributed by atoms with van der Waals surface area (Å²) in [5.41, 5.74) is 6.72. The molecule has 98 valence electrons. The molecule has 5 heteroatoms. The quantitative estimate of drug-likeness (QED) is 0.850. The molecule has 1 aromatic heterocycles. The molecule has 1 unspecified atom stereocenters. The molecule has 2 heterocycles. The van der Waals surface area contributed by atoms with Crippen LogP contribution in [-0.4, -0.2) is 29.6 Å². The second-order valence-corrected chi connectivity index (χ2v) is 4.82. The van der Waals surface area contributed by atoms with Crippen LogP contribution in [0.25, 0.3) is 10.9 Å². The van der Waals surface area contributed by atoms with E-state index in [0.717, 1.165) is 16.6 Å². The number of carbonyl (C=O) groups excluding carboxylic acids is 1. The van der Waals surface area contributed by atoms with Crippen molar-refractivity contribution in [2.75, 3.05) is 18.5 Å². The molecule has 3 N–H and O–H groups in total. The van der Waals surface area contributed by atoms with Crippen LogP contribution < -0.4 is 11.1 Å². The van der Waals surface area contributed by atoms with Crippen LogP contribution in [0.1, 0.15) is 6.42 Å². The average Bonchev–Trinajstić information content (AvgIpc) is 2.87. The number of benzene rings is 1. The van der Waals surface area contributed by atoms with Crippen LogP contribution in [0.3, 0.4) is 0 Å². The molecular formula is C14H15N3O2. The number of nitrogens with one attached hydrogen (secondary N) is 1. The molecule has 0 spiro atoms. The van der Waals surface area contributed by atoms with Gasteiger partial charge in [-0.1, -0.05) is 6.07 Å². The maximum Gasteiger partial charge on any atom is 0.246 e. The fourth-order valence-corrected chi connectivity index (χ4v) is 2.17. The highest BCUT2D eigenvalue weighted by molar-refractivity contribution is 5.99. The predicted octanol–water partition coefficient (Wildman–Crippen LogP) is 1.29. The molecule has 0 saturated carbocycles. The van der Waals surface area contributed by atoms with E-state index in [-0.39, 0.29) is 12.5 Å². The number of anilines is 1. The van der Waals surface area contributed by atoms with Gasteiger partial charge < -0.3 is 15.8 Å². The molecule has 1 amide bonds. The topological polar surface area (TPSA) is 77.2 Å². The van der Waals surface area contributed by atoms with Gasteiger partial charge in [0.15, 0.2) is 0 Å². The van der Waals surface area contributed by atoms with E-state index in [2.05, 4.69) is 10.3 Å². The summed E-state index contributed by atoms with van der Waals surface area (Å²) in [6.45, 7) is 0.805. The number of nitrogens with two attached hydrogens (primary N) is 1. The Balaban J connectivity index is 1.83. The first-order valence-electron chi connectivity index (χ1n) is 6.20. The summed E-state index contributed by atoms with van der Waals surface area (Å²) >= 11 is 0. The van der Waals surface area contributed by atoms with Crippen LogP contribution in [0, 0.1) is 0 Å². The summed E-state index contributed by atoms with van der Waals surface area (Å²) in [6.07, 6.45) is 2.29. The van der Waals surface area contributed by atoms with Gasteiger partial charge in [0.05, 0.1) is 12.1 Å². The second kappa shape index (κ2) is 4.60. The summed E-state index contributed by atoms with van der Waals surface area (Å²) in [6, 6.07) is 9.41. The summed E-state index contributed by atoms with van der Waals surface area (Å²) in [5.74, 6) is -0.201. The molecule has 0 aliphatic carbocycles. The van der Waals surface area contributed by atoms with Gasteiger partial charge in [0, 0.05) is 23.9 Å². The van der Waals surface area contributed by atoms with E-state index in [0.29, 0.717) is 13.0 Å². The molecule has 1 fully saturated rings. The van der Waals surface area contributed by atoms with Gasteiger partial charge in [-0.25, -0.2) is 0 Å². The molecule has 19 heavy (non-hydrogen) atoms. The molecule has 1 aliphatic rings. The van der Waals surface area contributed by atoms with E-state index in [4.69, 9.17) is 10.5 Å². The summed E-state index contributed by atoms with van der Waals surface area (Å²) in [5, 5.41) is 3.83. The second-order valence-electron chi connectivity index (χ2n) is 4.82. The highest BCUT2D eigenvalue weighted by atomic mass is 16.5. The smallest absolute Gasteiger partial charge is 0.246 e. The number of aromatic nitrogens is 1. The molecule has 1 saturated heterocycles. The zero-order valence-corrected chi connectivity index (χ0v) is 10.4. The van der Waals surface area contributed by atoms with Crippen molar-refractivity contribution in [2.24, 2.45) is 5.73 Å². The number of pyridine rings is 1. The number of amides is 1. The van der Waals surface area contributed by atoms with Crippen LogP contribution in [0.15, 0.2) is 36.5 Å². The largest absolute Gasteiger partial charge is 0.379 e. The summed E-state index contributed by atoms with van der Waals surface area (Å²) in [7, 11) is 0. The highest BCUT2D eigenvalue weighted by Crippen LogP contribution is 2.21. The van der Waals surface area contributed by atoms with Gasteiger partial charge >= 0.3 is 0 Å². The number of fused-ring (bicyclic) bond motifs is 1. The van der Waals surface area contributed by atoms with Crippen molar-refractivity contribution >= 4 is 22.5 Å². The number of hydrogen-bond acceptors (Lipinski definition) is 4. The molecule has 1 atom stereocenters. The standard InChI is InChI=1S/C14H15N3O2/c15-14(5-7-19-9-14)13(18)17-11-3-4-12-10(8-11)2-1-6-16-12/h1-4,6,8H,5,7,9,15H2,(H,17,18). The first kappa shape index (κ1) is 12.1. The molecule has 1 aromatic carbocycles. The maximum atomic E-state index is 12.1. The van der Waals surface area contributed by atoms with E-state index >= 15 is 0 Å². The Hall–Kier alpha value is -1.98. The van der Waals surface area contributed by atoms with Gasteiger partial charge in [-0.3, -0.25) is 9.78 Å². The third-order valence-corrected chi connectivity index (χ3v) is 3.37. The third-order valence-electron chi connectivity index (χ3n) is 3.37. The zero-order chi connectivity index (χ0) is 13.3. The number of rotatable bonds is 2. The molecule has 0 radical (unpaired) electrons. The maximum absolute atomic E-state index is 12.1. The minimum absolute atomic E-state index is 0.201. The Morgan fingerprint density at radius 2 is 2.32 bits per heavy atom. The van der Waals surface area contributed by atoms with Crippen molar-refractivity contribution in [3.8, 4) is 0 Å². The van der Waals surface area contributed by atoms with Gasteiger partial charge in [0.25, 0.3) is 0 Å². The fourth-order valence-electron chi connectivity index (χ4n) is 2.17. The number of nitrogens with zero attached hydrogens (tertiary/aromatic N) is 1. The monoisotopic (exact) mass is 257 g/mol. The van der Waals surface area contributed by atoms with Crippen LogP contribution in [0.2, 0.25) is 0 Å². The molecule has 1 aliphatic heterocycles. The molecule has 2 aromatic rings. The lowest BCUT2D eigenvalue weighted by atomic mass is 9.99. The van der Waals surface area contributed by atoms with Gasteiger partial charge in [0.1, 0.15) is 5.54 Å². The van der Waals surface area contributed by atoms with Gasteiger partial charge in [-0.15, -0.1) is 0 Å². The van der Waals surface area contributed by atoms with Crippen molar-refractivity contribution in [3.05, 3.63) is 36.5 Å². The van der Waals surface area contributed by atoms with Crippen LogP contribution in [0.5, 0.6) is 0 Å². The van der Waals surface area contributed by atoms with Crippen LogP contribution >= 0.6 is 0 Å². The Kier molecular flexibility index (Phi) is 2.93. The lowest BCUT2D eigenvalue weighted by molar-refractivity contribution is -0.121. The van der Waals surface area contributed by atoms with Crippen molar-refractivity contribution in [1.82, 2.24) is 4.98 Å². The van der Waals surface area contributed by atoms with Crippen molar-refractivity contribution < 1.29 is 9.53 Å². The first-order chi connectivity index (χ1) is 9.17. The molecule has 3 rings (SSSR count). The summed E-state index contributed by atoms with van der Waals surface area (Å²) < 4.78 is 5.19. The normalized spacial score (nSPS) is 22.6. The highest BCUT2D eigenvalue weighted by Gasteiger charge is 2.38. The molecule has 0 bridgehead atoms. The third kappa shape index (κ3) is 2.30. The average molecular weight is 257 g/mol. The number of carbonyl (C=O) groups is 1. The van der Waals surface area contributed by atoms with Crippen molar-refractivity contribution in [3.63, 3.8) is 0 Å². The number of ether oxygens (including phenoxy) is 1. The molecular weight excluding hydrogens is 242 g/mol.